The fourth-order valence-corrected chi connectivity index (χ4v) is 0.0680. The third-order valence-electron chi connectivity index (χ3n) is 0.235. The molecule has 0 atom stereocenters. The minimum Gasteiger partial charge on any atom is -0.534 e. The first kappa shape index (κ1) is 11.1. The van der Waals surface area contributed by atoms with Crippen molar-refractivity contribution in [1.29, 1.82) is 0 Å². The summed E-state index contributed by atoms with van der Waals surface area (Å²) in [4.78, 5) is 17.8. The van der Waals surface area contributed by atoms with E-state index in [2.05, 4.69) is 16.3 Å². The van der Waals surface area contributed by atoms with Crippen molar-refractivity contribution in [3.8, 4) is 0 Å². The molecule has 0 saturated carbocycles. The first-order valence-electron chi connectivity index (χ1n) is 2.06. The molecule has 0 heterocycles. The second-order valence-electron chi connectivity index (χ2n) is 0.789. The van der Waals surface area contributed by atoms with Gasteiger partial charge in [-0.2, -0.15) is 0 Å². The Hall–Kier alpha value is -0.770. The molecule has 0 aromatic carbocycles. The smallest absolute Gasteiger partial charge is 0.293 e. The molecular formula is C4H6ClO4-. The molecule has 0 aromatic rings. The average Bonchev–Trinajstić information content (AvgIpc) is 1.66. The molecule has 0 aromatic heterocycles. The Labute approximate surface area is 57.4 Å². The number of ether oxygens (including phenoxy) is 1. The SMILES string of the molecule is CCOC=O.O=C([O-])Cl. The molecule has 54 valence electrons. The van der Waals surface area contributed by atoms with Gasteiger partial charge in [-0.25, -0.2) is 0 Å². The molecule has 0 bridgehead atoms. The zero-order valence-electron chi connectivity index (χ0n) is 4.80. The van der Waals surface area contributed by atoms with E-state index in [1.807, 2.05) is 0 Å². The van der Waals surface area contributed by atoms with Gasteiger partial charge in [-0.3, -0.25) is 4.79 Å². The van der Waals surface area contributed by atoms with Crippen molar-refractivity contribution in [1.82, 2.24) is 0 Å². The minimum absolute atomic E-state index is 0.431. The van der Waals surface area contributed by atoms with Gasteiger partial charge < -0.3 is 14.6 Å². The Morgan fingerprint density at radius 1 is 1.89 bits per heavy atom. The lowest BCUT2D eigenvalue weighted by Crippen LogP contribution is -2.11. The zero-order chi connectivity index (χ0) is 7.70. The Morgan fingerprint density at radius 3 is 2.22 bits per heavy atom. The van der Waals surface area contributed by atoms with E-state index in [9.17, 15) is 4.79 Å². The fourth-order valence-electron chi connectivity index (χ4n) is 0.0680. The molecule has 0 N–H and O–H groups in total. The number of carboxylic acid groups (broad SMARTS) is 1. The Morgan fingerprint density at radius 2 is 2.22 bits per heavy atom. The quantitative estimate of drug-likeness (QED) is 0.405. The summed E-state index contributed by atoms with van der Waals surface area (Å²) in [5.74, 6) is 0. The summed E-state index contributed by atoms with van der Waals surface area (Å²) in [6, 6.07) is 0. The highest BCUT2D eigenvalue weighted by molar-refractivity contribution is 6.59. The van der Waals surface area contributed by atoms with Gasteiger partial charge in [-0.05, 0) is 6.92 Å². The number of carbonyl (C=O) groups excluding carboxylic acids is 2. The van der Waals surface area contributed by atoms with Crippen molar-refractivity contribution in [2.45, 2.75) is 6.92 Å². The molecule has 0 amide bonds. The molecule has 0 aliphatic rings. The lowest BCUT2D eigenvalue weighted by molar-refractivity contribution is -0.233. The molecule has 0 saturated heterocycles. The fraction of sp³-hybridized carbons (Fsp3) is 0.500. The van der Waals surface area contributed by atoms with Crippen molar-refractivity contribution in [3.05, 3.63) is 0 Å². The molecule has 0 rings (SSSR count). The predicted octanol–water partition coefficient (Wildman–Crippen LogP) is -0.252. The molecular weight excluding hydrogens is 147 g/mol. The predicted molar refractivity (Wildman–Crippen MR) is 28.9 cm³/mol. The third kappa shape index (κ3) is 131. The highest BCUT2D eigenvalue weighted by Gasteiger charge is 1.60. The first-order valence-corrected chi connectivity index (χ1v) is 2.44. The molecule has 0 aliphatic carbocycles. The summed E-state index contributed by atoms with van der Waals surface area (Å²) in [6.07, 6.45) is 0. The summed E-state index contributed by atoms with van der Waals surface area (Å²) in [6.45, 7) is 2.66. The lowest BCUT2D eigenvalue weighted by atomic mass is 10.9. The number of carbonyl (C=O) groups is 2. The van der Waals surface area contributed by atoms with Crippen molar-refractivity contribution in [3.63, 3.8) is 0 Å². The van der Waals surface area contributed by atoms with Gasteiger partial charge in [0.1, 0.15) is 5.43 Å². The molecule has 0 fully saturated rings. The van der Waals surface area contributed by atoms with E-state index in [1.165, 1.54) is 0 Å². The Kier molecular flexibility index (Phi) is 12.6. The summed E-state index contributed by atoms with van der Waals surface area (Å²) in [5, 5.41) is 8.65. The van der Waals surface area contributed by atoms with Gasteiger partial charge in [0, 0.05) is 0 Å². The summed E-state index contributed by atoms with van der Waals surface area (Å²) in [7, 11) is 0. The van der Waals surface area contributed by atoms with Crippen LogP contribution in [0.1, 0.15) is 6.92 Å². The molecule has 0 aliphatic heterocycles. The van der Waals surface area contributed by atoms with Gasteiger partial charge >= 0.3 is 0 Å². The van der Waals surface area contributed by atoms with E-state index in [0.717, 1.165) is 0 Å². The van der Waals surface area contributed by atoms with Gasteiger partial charge in [0.15, 0.2) is 0 Å². The van der Waals surface area contributed by atoms with Crippen LogP contribution in [0.25, 0.3) is 0 Å². The van der Waals surface area contributed by atoms with Crippen LogP contribution in [-0.4, -0.2) is 18.5 Å². The van der Waals surface area contributed by atoms with Crippen LogP contribution in [0.5, 0.6) is 0 Å². The summed E-state index contributed by atoms with van der Waals surface area (Å²) >= 11 is 4.08. The van der Waals surface area contributed by atoms with E-state index in [4.69, 9.17) is 9.90 Å². The van der Waals surface area contributed by atoms with Crippen molar-refractivity contribution < 1.29 is 19.4 Å². The second-order valence-corrected chi connectivity index (χ2v) is 1.10. The monoisotopic (exact) mass is 153 g/mol. The second kappa shape index (κ2) is 10.3. The third-order valence-corrected chi connectivity index (χ3v) is 0.235. The van der Waals surface area contributed by atoms with E-state index >= 15 is 0 Å². The van der Waals surface area contributed by atoms with Gasteiger partial charge in [-0.1, -0.05) is 11.6 Å². The van der Waals surface area contributed by atoms with Crippen LogP contribution in [0.15, 0.2) is 0 Å². The van der Waals surface area contributed by atoms with Gasteiger partial charge in [0.05, 0.1) is 6.61 Å². The van der Waals surface area contributed by atoms with Crippen LogP contribution in [-0.2, 0) is 9.53 Å². The van der Waals surface area contributed by atoms with E-state index in [1.54, 1.807) is 6.92 Å². The summed E-state index contributed by atoms with van der Waals surface area (Å²) < 4.78 is 4.15. The molecule has 0 spiro atoms. The minimum atomic E-state index is -1.61. The molecule has 0 radical (unpaired) electrons. The normalized spacial score (nSPS) is 6.44. The maximum Gasteiger partial charge on any atom is 0.293 e. The van der Waals surface area contributed by atoms with Crippen LogP contribution < -0.4 is 5.11 Å². The van der Waals surface area contributed by atoms with Gasteiger partial charge in [-0.15, -0.1) is 0 Å². The number of rotatable bonds is 2. The number of halogens is 1. The van der Waals surface area contributed by atoms with Gasteiger partial charge in [0.25, 0.3) is 6.47 Å². The van der Waals surface area contributed by atoms with Crippen molar-refractivity contribution >= 4 is 23.5 Å². The highest BCUT2D eigenvalue weighted by atomic mass is 35.5. The Balaban J connectivity index is 0. The Bertz CT molecular complexity index is 78.6. The van der Waals surface area contributed by atoms with Crippen LogP contribution in [0.4, 0.5) is 4.79 Å². The maximum absolute atomic E-state index is 9.18. The number of hydrogen-bond acceptors (Lipinski definition) is 4. The number of hydrogen-bond donors (Lipinski definition) is 0. The van der Waals surface area contributed by atoms with Crippen LogP contribution in [0.2, 0.25) is 0 Å². The topological polar surface area (TPSA) is 66.4 Å². The summed E-state index contributed by atoms with van der Waals surface area (Å²) in [5.41, 5.74) is -1.61. The van der Waals surface area contributed by atoms with Crippen LogP contribution in [0, 0.1) is 0 Å². The average molecular weight is 154 g/mol. The molecule has 9 heavy (non-hydrogen) atoms. The van der Waals surface area contributed by atoms with Crippen molar-refractivity contribution in [2.75, 3.05) is 6.61 Å². The lowest BCUT2D eigenvalue weighted by Gasteiger charge is -1.79. The van der Waals surface area contributed by atoms with E-state index < -0.39 is 5.43 Å². The largest absolute Gasteiger partial charge is 0.534 e. The molecule has 5 heteroatoms. The van der Waals surface area contributed by atoms with E-state index in [0.29, 0.717) is 13.1 Å². The zero-order valence-corrected chi connectivity index (χ0v) is 5.55. The highest BCUT2D eigenvalue weighted by Crippen LogP contribution is 1.60. The van der Waals surface area contributed by atoms with Gasteiger partial charge in [0.2, 0.25) is 0 Å². The first-order chi connectivity index (χ1) is 4.15. The van der Waals surface area contributed by atoms with E-state index in [-0.39, 0.29) is 0 Å². The van der Waals surface area contributed by atoms with Crippen molar-refractivity contribution in [2.24, 2.45) is 0 Å². The molecule has 0 unspecified atom stereocenters. The van der Waals surface area contributed by atoms with Crippen LogP contribution in [0.3, 0.4) is 0 Å². The maximum atomic E-state index is 9.18. The van der Waals surface area contributed by atoms with Crippen LogP contribution >= 0.6 is 11.6 Å². The molecule has 4 nitrogen and oxygen atoms in total. The standard InChI is InChI=1S/C3H6O2.CHClO2/c1-2-5-3-4;2-1(3)4/h3H,2H2,1H3;(H,3,4)/p-1.